The Morgan fingerprint density at radius 2 is 1.88 bits per heavy atom. The van der Waals surface area contributed by atoms with Gasteiger partial charge in [-0.3, -0.25) is 9.80 Å². The lowest BCUT2D eigenvalue weighted by molar-refractivity contribution is 0.0823. The van der Waals surface area contributed by atoms with Crippen LogP contribution in [0.3, 0.4) is 0 Å². The fourth-order valence-corrected chi connectivity index (χ4v) is 5.51. The number of halogens is 2. The Balaban J connectivity index is 1.68. The number of nitrogens with zero attached hydrogens (tertiary/aromatic N) is 2. The van der Waals surface area contributed by atoms with E-state index in [0.717, 1.165) is 54.1 Å². The molecular weight excluding hydrogens is 387 g/mol. The molecular formula is C20H22Cl2N2OS. The zero-order valence-corrected chi connectivity index (χ0v) is 16.8. The van der Waals surface area contributed by atoms with Crippen molar-refractivity contribution < 1.29 is 5.11 Å². The number of hydrogen-bond donors (Lipinski definition) is 1. The van der Waals surface area contributed by atoms with E-state index in [1.165, 1.54) is 16.0 Å². The highest BCUT2D eigenvalue weighted by atomic mass is 35.5. The average molecular weight is 409 g/mol. The minimum absolute atomic E-state index is 0.227. The van der Waals surface area contributed by atoms with Gasteiger partial charge in [0.1, 0.15) is 0 Å². The monoisotopic (exact) mass is 408 g/mol. The molecule has 1 atom stereocenters. The lowest BCUT2D eigenvalue weighted by Crippen LogP contribution is -2.48. The number of rotatable bonds is 3. The molecule has 0 saturated carbocycles. The van der Waals surface area contributed by atoms with Crippen molar-refractivity contribution in [2.45, 2.75) is 22.3 Å². The van der Waals surface area contributed by atoms with Crippen molar-refractivity contribution in [1.29, 1.82) is 0 Å². The first kappa shape index (κ1) is 18.6. The van der Waals surface area contributed by atoms with E-state index in [9.17, 15) is 5.11 Å². The summed E-state index contributed by atoms with van der Waals surface area (Å²) < 4.78 is 0. The quantitative estimate of drug-likeness (QED) is 0.816. The molecule has 0 aliphatic carbocycles. The number of piperazine rings is 1. The summed E-state index contributed by atoms with van der Waals surface area (Å²) in [5.74, 6) is 0. The highest BCUT2D eigenvalue weighted by molar-refractivity contribution is 7.99. The summed E-state index contributed by atoms with van der Waals surface area (Å²) in [6.45, 7) is 4.96. The molecule has 6 heteroatoms. The zero-order chi connectivity index (χ0) is 18.1. The van der Waals surface area contributed by atoms with Gasteiger partial charge in [0, 0.05) is 53.6 Å². The molecule has 2 aromatic rings. The maximum absolute atomic E-state index is 9.18. The Morgan fingerprint density at radius 3 is 2.65 bits per heavy atom. The van der Waals surface area contributed by atoms with Gasteiger partial charge in [0.05, 0.1) is 11.6 Å². The second-order valence-corrected chi connectivity index (χ2v) is 8.73. The van der Waals surface area contributed by atoms with E-state index in [1.807, 2.05) is 12.1 Å². The number of β-amino-alcohol motifs (C(OH)–C–C–N with tert-alkyl or cyclic N) is 1. The number of aliphatic hydroxyl groups excluding tert-OH is 1. The fraction of sp³-hybridized carbons (Fsp3) is 0.400. The van der Waals surface area contributed by atoms with Gasteiger partial charge in [-0.05, 0) is 41.8 Å². The molecule has 0 spiro atoms. The molecule has 1 N–H and O–H groups in total. The second-order valence-electron chi connectivity index (χ2n) is 6.83. The maximum Gasteiger partial charge on any atom is 0.0558 e. The van der Waals surface area contributed by atoms with Crippen molar-refractivity contribution in [2.75, 3.05) is 39.3 Å². The summed E-state index contributed by atoms with van der Waals surface area (Å²) in [6.07, 6.45) is 0.941. The Kier molecular flexibility index (Phi) is 5.79. The van der Waals surface area contributed by atoms with Crippen LogP contribution in [0.4, 0.5) is 0 Å². The molecule has 1 fully saturated rings. The van der Waals surface area contributed by atoms with E-state index in [0.29, 0.717) is 6.04 Å². The largest absolute Gasteiger partial charge is 0.395 e. The van der Waals surface area contributed by atoms with Gasteiger partial charge in [0.2, 0.25) is 0 Å². The van der Waals surface area contributed by atoms with Crippen molar-refractivity contribution >= 4 is 35.0 Å². The molecule has 0 aromatic heterocycles. The van der Waals surface area contributed by atoms with Crippen molar-refractivity contribution in [3.8, 4) is 0 Å². The van der Waals surface area contributed by atoms with E-state index in [2.05, 4.69) is 34.1 Å². The summed E-state index contributed by atoms with van der Waals surface area (Å²) in [5, 5.41) is 10.8. The molecule has 138 valence electrons. The number of hydrogen-bond acceptors (Lipinski definition) is 4. The molecule has 3 nitrogen and oxygen atoms in total. The van der Waals surface area contributed by atoms with Crippen LogP contribution in [0.15, 0.2) is 46.2 Å². The third-order valence-electron chi connectivity index (χ3n) is 5.27. The van der Waals surface area contributed by atoms with Crippen LogP contribution in [-0.4, -0.2) is 54.2 Å². The first-order valence-corrected chi connectivity index (χ1v) is 10.5. The second kappa shape index (κ2) is 8.09. The molecule has 0 amide bonds. The molecule has 2 aromatic carbocycles. The van der Waals surface area contributed by atoms with E-state index in [-0.39, 0.29) is 6.61 Å². The van der Waals surface area contributed by atoms with Gasteiger partial charge in [-0.15, -0.1) is 0 Å². The third-order valence-corrected chi connectivity index (χ3v) is 7.21. The van der Waals surface area contributed by atoms with E-state index in [4.69, 9.17) is 23.2 Å². The van der Waals surface area contributed by atoms with Crippen molar-refractivity contribution in [3.63, 3.8) is 0 Å². The minimum Gasteiger partial charge on any atom is -0.395 e. The highest BCUT2D eigenvalue weighted by Crippen LogP contribution is 2.46. The van der Waals surface area contributed by atoms with Crippen LogP contribution < -0.4 is 0 Å². The maximum atomic E-state index is 9.18. The Hall–Kier alpha value is -0.750. The number of aliphatic hydroxyl groups is 1. The van der Waals surface area contributed by atoms with E-state index < -0.39 is 0 Å². The topological polar surface area (TPSA) is 26.7 Å². The van der Waals surface area contributed by atoms with Gasteiger partial charge < -0.3 is 5.11 Å². The number of benzene rings is 2. The van der Waals surface area contributed by atoms with Gasteiger partial charge in [-0.2, -0.15) is 0 Å². The lowest BCUT2D eigenvalue weighted by atomic mass is 9.96. The molecule has 2 heterocycles. The van der Waals surface area contributed by atoms with Gasteiger partial charge in [-0.1, -0.05) is 47.1 Å². The van der Waals surface area contributed by atoms with Gasteiger partial charge in [0.25, 0.3) is 0 Å². The molecule has 2 aliphatic heterocycles. The molecule has 0 unspecified atom stereocenters. The summed E-state index contributed by atoms with van der Waals surface area (Å²) in [6, 6.07) is 12.7. The van der Waals surface area contributed by atoms with Gasteiger partial charge in [-0.25, -0.2) is 0 Å². The summed E-state index contributed by atoms with van der Waals surface area (Å²) in [5.41, 5.74) is 2.60. The predicted molar refractivity (Wildman–Crippen MR) is 109 cm³/mol. The Bertz CT molecular complexity index is 793. The normalized spacial score (nSPS) is 21.1. The van der Waals surface area contributed by atoms with Crippen LogP contribution in [0.5, 0.6) is 0 Å². The van der Waals surface area contributed by atoms with Crippen LogP contribution in [-0.2, 0) is 6.42 Å². The molecule has 0 bridgehead atoms. The standard InChI is InChI=1S/C20H22Cl2N2OS/c21-15-4-5-19-14(12-15)13-18(16-2-1-3-17(22)20(16)26-19)24-8-6-23(7-9-24)10-11-25/h1-5,12,18,25H,6-11,13H2/t18-/m1/s1. The van der Waals surface area contributed by atoms with Crippen molar-refractivity contribution in [3.05, 3.63) is 57.6 Å². The first-order chi connectivity index (χ1) is 12.7. The SMILES string of the molecule is OCCN1CCN([C@@H]2Cc3cc(Cl)ccc3Sc3c(Cl)cccc32)CC1. The minimum atomic E-state index is 0.227. The highest BCUT2D eigenvalue weighted by Gasteiger charge is 2.30. The van der Waals surface area contributed by atoms with E-state index >= 15 is 0 Å². The molecule has 26 heavy (non-hydrogen) atoms. The van der Waals surface area contributed by atoms with Crippen LogP contribution in [0, 0.1) is 0 Å². The van der Waals surface area contributed by atoms with Gasteiger partial charge in [0.15, 0.2) is 0 Å². The van der Waals surface area contributed by atoms with Crippen LogP contribution in [0.2, 0.25) is 10.0 Å². The summed E-state index contributed by atoms with van der Waals surface area (Å²) in [4.78, 5) is 7.29. The van der Waals surface area contributed by atoms with Crippen molar-refractivity contribution in [1.82, 2.24) is 9.80 Å². The summed E-state index contributed by atoms with van der Waals surface area (Å²) >= 11 is 14.6. The summed E-state index contributed by atoms with van der Waals surface area (Å²) in [7, 11) is 0. The molecule has 0 radical (unpaired) electrons. The van der Waals surface area contributed by atoms with Crippen LogP contribution in [0.25, 0.3) is 0 Å². The van der Waals surface area contributed by atoms with Crippen LogP contribution in [0.1, 0.15) is 17.2 Å². The Morgan fingerprint density at radius 1 is 1.08 bits per heavy atom. The predicted octanol–water partition coefficient (Wildman–Crippen LogP) is 4.35. The molecule has 1 saturated heterocycles. The number of fused-ring (bicyclic) bond motifs is 2. The van der Waals surface area contributed by atoms with Crippen molar-refractivity contribution in [2.24, 2.45) is 0 Å². The smallest absolute Gasteiger partial charge is 0.0558 e. The van der Waals surface area contributed by atoms with Gasteiger partial charge >= 0.3 is 0 Å². The zero-order valence-electron chi connectivity index (χ0n) is 14.5. The Labute approximate surface area is 168 Å². The third kappa shape index (κ3) is 3.77. The van der Waals surface area contributed by atoms with Crippen LogP contribution >= 0.6 is 35.0 Å². The molecule has 4 rings (SSSR count). The molecule has 2 aliphatic rings. The fourth-order valence-electron chi connectivity index (χ4n) is 3.90. The van der Waals surface area contributed by atoms with E-state index in [1.54, 1.807) is 11.8 Å². The average Bonchev–Trinajstić information content (AvgIpc) is 2.80. The lowest BCUT2D eigenvalue weighted by Gasteiger charge is -2.39. The first-order valence-electron chi connectivity index (χ1n) is 8.97.